The van der Waals surface area contributed by atoms with Crippen molar-refractivity contribution in [2.75, 3.05) is 0 Å². The molecule has 1 aromatic carbocycles. The van der Waals surface area contributed by atoms with Gasteiger partial charge in [-0.3, -0.25) is 4.79 Å². The fraction of sp³-hybridized carbons (Fsp3) is 0.533. The Bertz CT molecular complexity index is 504. The van der Waals surface area contributed by atoms with Crippen LogP contribution in [-0.2, 0) is 11.2 Å². The van der Waals surface area contributed by atoms with Gasteiger partial charge in [0.2, 0.25) is 0 Å². The van der Waals surface area contributed by atoms with Crippen molar-refractivity contribution < 1.29 is 15.0 Å². The summed E-state index contributed by atoms with van der Waals surface area (Å²) in [5, 5.41) is 20.9. The maximum absolute atomic E-state index is 10.6. The van der Waals surface area contributed by atoms with Crippen molar-refractivity contribution >= 4 is 5.97 Å². The van der Waals surface area contributed by atoms with E-state index in [9.17, 15) is 4.79 Å². The van der Waals surface area contributed by atoms with Gasteiger partial charge < -0.3 is 15.9 Å². The number of phenolic OH excluding ortho intramolecular Hbond substituents is 1. The quantitative estimate of drug-likeness (QED) is 0.448. The lowest BCUT2D eigenvalue weighted by Crippen LogP contribution is -2.22. The molecule has 0 radical (unpaired) electrons. The van der Waals surface area contributed by atoms with E-state index in [1.807, 2.05) is 0 Å². The number of hydrogen-bond donors (Lipinski definition) is 3. The number of carboxylic acids is 1. The van der Waals surface area contributed by atoms with Gasteiger partial charge in [-0.05, 0) is 42.5 Å². The highest BCUT2D eigenvalue weighted by Gasteiger charge is 2.15. The van der Waals surface area contributed by atoms with Gasteiger partial charge in [0.15, 0.2) is 0 Å². The molecule has 2 rings (SSSR count). The molecule has 0 spiro atoms. The number of rotatable bonds is 4. The van der Waals surface area contributed by atoms with Gasteiger partial charge in [0.25, 0.3) is 0 Å². The van der Waals surface area contributed by atoms with E-state index in [0.29, 0.717) is 11.6 Å². The molecular formula is C15H22N4O3. The Labute approximate surface area is 129 Å². The smallest absolute Gasteiger partial charge is 0.312 e. The van der Waals surface area contributed by atoms with E-state index in [1.165, 1.54) is 44.2 Å². The summed E-state index contributed by atoms with van der Waals surface area (Å²) in [6.07, 6.45) is 6.77. The lowest BCUT2D eigenvalue weighted by molar-refractivity contribution is -0.138. The van der Waals surface area contributed by atoms with Crippen LogP contribution in [-0.4, -0.2) is 28.3 Å². The first-order valence-corrected chi connectivity index (χ1v) is 7.33. The van der Waals surface area contributed by atoms with E-state index in [2.05, 4.69) is 10.0 Å². The molecule has 0 amide bonds. The van der Waals surface area contributed by atoms with Crippen molar-refractivity contribution in [3.05, 3.63) is 40.3 Å². The second-order valence-corrected chi connectivity index (χ2v) is 5.33. The number of nitrogens with two attached hydrogens (primary N) is 1. The average Bonchev–Trinajstić information content (AvgIpc) is 2.50. The zero-order valence-corrected chi connectivity index (χ0v) is 12.4. The largest absolute Gasteiger partial charge is 0.508 e. The minimum Gasteiger partial charge on any atom is -0.508 e. The molecular weight excluding hydrogens is 284 g/mol. The fourth-order valence-corrected chi connectivity index (χ4v) is 2.23. The standard InChI is InChI=1S/C9H9N3O3.C6H13N/c10-12-11-8(9(14)15)5-6-1-3-7(13)4-2-6;7-6-4-2-1-3-5-6/h1-4,8,13H,5H2,(H,14,15);6H,1-5,7H2/t8-;/m1./s1. The van der Waals surface area contributed by atoms with Crippen LogP contribution in [0.1, 0.15) is 37.7 Å². The monoisotopic (exact) mass is 306 g/mol. The highest BCUT2D eigenvalue weighted by Crippen LogP contribution is 2.15. The first-order chi connectivity index (χ1) is 10.5. The number of nitrogens with zero attached hydrogens (tertiary/aromatic N) is 3. The lowest BCUT2D eigenvalue weighted by Gasteiger charge is -2.15. The normalized spacial score (nSPS) is 15.9. The number of carboxylic acid groups (broad SMARTS) is 1. The van der Waals surface area contributed by atoms with Gasteiger partial charge in [0.05, 0.1) is 0 Å². The van der Waals surface area contributed by atoms with E-state index in [0.717, 1.165) is 0 Å². The summed E-state index contributed by atoms with van der Waals surface area (Å²) in [5.41, 5.74) is 14.5. The number of azide groups is 1. The van der Waals surface area contributed by atoms with Gasteiger partial charge in [-0.25, -0.2) is 0 Å². The van der Waals surface area contributed by atoms with Gasteiger partial charge in [-0.15, -0.1) is 0 Å². The summed E-state index contributed by atoms with van der Waals surface area (Å²) in [6, 6.07) is 5.48. The molecule has 7 heteroatoms. The van der Waals surface area contributed by atoms with Crippen LogP contribution in [0.4, 0.5) is 0 Å². The summed E-state index contributed by atoms with van der Waals surface area (Å²) >= 11 is 0. The summed E-state index contributed by atoms with van der Waals surface area (Å²) < 4.78 is 0. The molecule has 1 aliphatic rings. The second kappa shape index (κ2) is 9.65. The molecule has 120 valence electrons. The molecule has 0 aromatic heterocycles. The summed E-state index contributed by atoms with van der Waals surface area (Å²) in [6.45, 7) is 0. The third-order valence-corrected chi connectivity index (χ3v) is 3.49. The highest BCUT2D eigenvalue weighted by atomic mass is 16.4. The van der Waals surface area contributed by atoms with Crippen LogP contribution in [0.15, 0.2) is 29.4 Å². The van der Waals surface area contributed by atoms with Crippen molar-refractivity contribution in [1.29, 1.82) is 0 Å². The molecule has 1 aliphatic carbocycles. The number of hydrogen-bond acceptors (Lipinski definition) is 4. The SMILES string of the molecule is NC1CCCCC1.[N-]=[N+]=N[C@H](Cc1ccc(O)cc1)C(=O)O. The van der Waals surface area contributed by atoms with Crippen molar-refractivity contribution in [1.82, 2.24) is 0 Å². The first-order valence-electron chi connectivity index (χ1n) is 7.33. The average molecular weight is 306 g/mol. The molecule has 1 fully saturated rings. The van der Waals surface area contributed by atoms with Crippen molar-refractivity contribution in [2.24, 2.45) is 10.8 Å². The third kappa shape index (κ3) is 6.97. The Hall–Kier alpha value is -2.24. The van der Waals surface area contributed by atoms with Gasteiger partial charge in [-0.2, -0.15) is 0 Å². The van der Waals surface area contributed by atoms with Crippen LogP contribution in [0, 0.1) is 0 Å². The molecule has 7 nitrogen and oxygen atoms in total. The Balaban J connectivity index is 0.000000287. The number of phenols is 1. The third-order valence-electron chi connectivity index (χ3n) is 3.49. The van der Waals surface area contributed by atoms with Crippen LogP contribution in [0.5, 0.6) is 5.75 Å². The van der Waals surface area contributed by atoms with Crippen LogP contribution < -0.4 is 5.73 Å². The van der Waals surface area contributed by atoms with E-state index in [1.54, 1.807) is 12.1 Å². The summed E-state index contributed by atoms with van der Waals surface area (Å²) in [7, 11) is 0. The fourth-order valence-electron chi connectivity index (χ4n) is 2.23. The number of aliphatic carboxylic acids is 1. The van der Waals surface area contributed by atoms with Gasteiger partial charge in [-0.1, -0.05) is 36.5 Å². The predicted molar refractivity (Wildman–Crippen MR) is 83.4 cm³/mol. The maximum Gasteiger partial charge on any atom is 0.312 e. The summed E-state index contributed by atoms with van der Waals surface area (Å²) in [4.78, 5) is 13.1. The van der Waals surface area contributed by atoms with Crippen LogP contribution in [0.2, 0.25) is 0 Å². The molecule has 4 N–H and O–H groups in total. The first kappa shape index (κ1) is 17.8. The summed E-state index contributed by atoms with van der Waals surface area (Å²) in [5.74, 6) is -1.06. The van der Waals surface area contributed by atoms with Gasteiger partial charge in [0.1, 0.15) is 11.8 Å². The molecule has 22 heavy (non-hydrogen) atoms. The Morgan fingerprint density at radius 1 is 1.32 bits per heavy atom. The van der Waals surface area contributed by atoms with Crippen molar-refractivity contribution in [2.45, 2.75) is 50.6 Å². The number of carbonyl (C=O) groups is 1. The minimum atomic E-state index is -1.17. The van der Waals surface area contributed by atoms with Crippen molar-refractivity contribution in [3.8, 4) is 5.75 Å². The van der Waals surface area contributed by atoms with Crippen LogP contribution >= 0.6 is 0 Å². The Morgan fingerprint density at radius 3 is 2.32 bits per heavy atom. The van der Waals surface area contributed by atoms with E-state index in [-0.39, 0.29) is 12.2 Å². The Morgan fingerprint density at radius 2 is 1.91 bits per heavy atom. The molecule has 1 aromatic rings. The molecule has 1 atom stereocenters. The Kier molecular flexibility index (Phi) is 7.81. The van der Waals surface area contributed by atoms with Crippen molar-refractivity contribution in [3.63, 3.8) is 0 Å². The van der Waals surface area contributed by atoms with E-state index >= 15 is 0 Å². The lowest BCUT2D eigenvalue weighted by atomic mass is 9.97. The number of aromatic hydroxyl groups is 1. The molecule has 0 unspecified atom stereocenters. The van der Waals surface area contributed by atoms with E-state index < -0.39 is 12.0 Å². The second-order valence-electron chi connectivity index (χ2n) is 5.33. The maximum atomic E-state index is 10.6. The zero-order valence-electron chi connectivity index (χ0n) is 12.4. The van der Waals surface area contributed by atoms with Gasteiger partial charge in [0, 0.05) is 11.0 Å². The molecule has 1 saturated carbocycles. The van der Waals surface area contributed by atoms with Crippen LogP contribution in [0.3, 0.4) is 0 Å². The molecule has 0 aliphatic heterocycles. The number of benzene rings is 1. The highest BCUT2D eigenvalue weighted by molar-refractivity contribution is 5.74. The predicted octanol–water partition coefficient (Wildman–Crippen LogP) is 2.98. The molecule has 0 bridgehead atoms. The zero-order chi connectivity index (χ0) is 16.4. The molecule has 0 saturated heterocycles. The van der Waals surface area contributed by atoms with Crippen LogP contribution in [0.25, 0.3) is 10.4 Å². The van der Waals surface area contributed by atoms with E-state index in [4.69, 9.17) is 21.5 Å². The topological polar surface area (TPSA) is 132 Å². The van der Waals surface area contributed by atoms with Gasteiger partial charge >= 0.3 is 5.97 Å². The molecule has 0 heterocycles. The minimum absolute atomic E-state index is 0.106.